The van der Waals surface area contributed by atoms with Gasteiger partial charge in [-0.3, -0.25) is 9.89 Å². The second-order valence-electron chi connectivity index (χ2n) is 5.81. The van der Waals surface area contributed by atoms with Crippen LogP contribution in [0.2, 0.25) is 0 Å². The summed E-state index contributed by atoms with van der Waals surface area (Å²) in [5.74, 6) is 0.0328. The first kappa shape index (κ1) is 15.9. The van der Waals surface area contributed by atoms with Crippen molar-refractivity contribution in [3.05, 3.63) is 42.5 Å². The van der Waals surface area contributed by atoms with Crippen molar-refractivity contribution in [3.63, 3.8) is 0 Å². The Kier molecular flexibility index (Phi) is 3.90. The number of aromatic nitrogens is 6. The first-order valence-electron chi connectivity index (χ1n) is 7.93. The molecule has 4 N–H and O–H groups in total. The number of hydrogen-bond acceptors (Lipinski definition) is 6. The van der Waals surface area contributed by atoms with E-state index in [0.29, 0.717) is 11.5 Å². The van der Waals surface area contributed by atoms with E-state index in [4.69, 9.17) is 0 Å². The molecular formula is C17H15N7O2. The smallest absolute Gasteiger partial charge is 0.252 e. The molecule has 2 aromatic heterocycles. The van der Waals surface area contributed by atoms with Crippen LogP contribution in [0.5, 0.6) is 0 Å². The van der Waals surface area contributed by atoms with Crippen molar-refractivity contribution in [2.75, 3.05) is 5.32 Å². The summed E-state index contributed by atoms with van der Waals surface area (Å²) < 4.78 is 0. The lowest BCUT2D eigenvalue weighted by molar-refractivity contribution is -0.123. The zero-order chi connectivity index (χ0) is 18.1. The number of tetrazole rings is 1. The third-order valence-corrected chi connectivity index (χ3v) is 3.95. The van der Waals surface area contributed by atoms with Gasteiger partial charge in [0.05, 0.1) is 11.2 Å². The average Bonchev–Trinajstić information content (AvgIpc) is 3.31. The minimum Gasteiger partial charge on any atom is -0.384 e. The normalized spacial score (nSPS) is 12.2. The van der Waals surface area contributed by atoms with Crippen LogP contribution in [0.4, 0.5) is 5.69 Å². The molecular weight excluding hydrogens is 334 g/mol. The Morgan fingerprint density at radius 3 is 2.81 bits per heavy atom. The molecule has 26 heavy (non-hydrogen) atoms. The largest absolute Gasteiger partial charge is 0.384 e. The number of benzene rings is 2. The summed E-state index contributed by atoms with van der Waals surface area (Å²) in [7, 11) is 0. The first-order valence-corrected chi connectivity index (χ1v) is 7.93. The lowest BCUT2D eigenvalue weighted by Gasteiger charge is -2.08. The molecule has 4 rings (SSSR count). The molecule has 0 radical (unpaired) electrons. The molecule has 9 heteroatoms. The Hall–Kier alpha value is -3.59. The lowest BCUT2D eigenvalue weighted by Crippen LogP contribution is -2.24. The fourth-order valence-electron chi connectivity index (χ4n) is 2.65. The molecule has 0 aliphatic carbocycles. The zero-order valence-corrected chi connectivity index (χ0v) is 13.8. The van der Waals surface area contributed by atoms with Gasteiger partial charge in [0.15, 0.2) is 0 Å². The summed E-state index contributed by atoms with van der Waals surface area (Å²) in [6.45, 7) is 1.42. The van der Waals surface area contributed by atoms with E-state index >= 15 is 0 Å². The van der Waals surface area contributed by atoms with E-state index in [1.165, 1.54) is 6.92 Å². The number of aliphatic hydroxyl groups is 1. The third-order valence-electron chi connectivity index (χ3n) is 3.95. The van der Waals surface area contributed by atoms with Gasteiger partial charge in [0.25, 0.3) is 5.91 Å². The van der Waals surface area contributed by atoms with Crippen molar-refractivity contribution >= 4 is 22.5 Å². The van der Waals surface area contributed by atoms with Crippen LogP contribution in [-0.4, -0.2) is 47.9 Å². The molecule has 0 saturated carbocycles. The van der Waals surface area contributed by atoms with Gasteiger partial charge < -0.3 is 10.4 Å². The van der Waals surface area contributed by atoms with Gasteiger partial charge in [0.1, 0.15) is 6.10 Å². The number of hydrogen-bond donors (Lipinski definition) is 4. The summed E-state index contributed by atoms with van der Waals surface area (Å²) in [6.07, 6.45) is -1.08. The maximum atomic E-state index is 11.7. The Labute approximate surface area is 147 Å². The number of aliphatic hydroxyl groups excluding tert-OH is 1. The maximum Gasteiger partial charge on any atom is 0.252 e. The molecule has 9 nitrogen and oxygen atoms in total. The van der Waals surface area contributed by atoms with Crippen LogP contribution in [0.1, 0.15) is 6.92 Å². The predicted octanol–water partition coefficient (Wildman–Crippen LogP) is 1.73. The molecule has 0 saturated heterocycles. The third kappa shape index (κ3) is 2.91. The molecule has 4 aromatic rings. The van der Waals surface area contributed by atoms with Crippen LogP contribution < -0.4 is 5.32 Å². The van der Waals surface area contributed by atoms with Gasteiger partial charge in [-0.1, -0.05) is 12.1 Å². The van der Waals surface area contributed by atoms with Crippen molar-refractivity contribution in [3.8, 4) is 22.6 Å². The Morgan fingerprint density at radius 2 is 2.04 bits per heavy atom. The number of carbonyl (C=O) groups excluding carboxylic acids is 1. The van der Waals surface area contributed by atoms with Gasteiger partial charge in [-0.15, -0.1) is 10.2 Å². The van der Waals surface area contributed by atoms with Crippen molar-refractivity contribution in [1.82, 2.24) is 30.8 Å². The molecule has 1 amide bonds. The number of nitrogens with one attached hydrogen (secondary N) is 3. The van der Waals surface area contributed by atoms with E-state index in [-0.39, 0.29) is 0 Å². The Morgan fingerprint density at radius 1 is 1.15 bits per heavy atom. The SMILES string of the molecule is CC(O)C(=O)Nc1cccc(-c2n[nH]c3ccc(-c4nn[nH]n4)cc23)c1. The van der Waals surface area contributed by atoms with E-state index in [1.54, 1.807) is 12.1 Å². The van der Waals surface area contributed by atoms with Crippen LogP contribution in [0.15, 0.2) is 42.5 Å². The average molecular weight is 349 g/mol. The topological polar surface area (TPSA) is 132 Å². The van der Waals surface area contributed by atoms with Gasteiger partial charge in [-0.25, -0.2) is 0 Å². The monoisotopic (exact) mass is 349 g/mol. The van der Waals surface area contributed by atoms with Crippen LogP contribution in [0, 0.1) is 0 Å². The first-order chi connectivity index (χ1) is 12.6. The molecule has 2 aromatic carbocycles. The number of nitrogens with zero attached hydrogens (tertiary/aromatic N) is 4. The van der Waals surface area contributed by atoms with Gasteiger partial charge in [0, 0.05) is 22.2 Å². The maximum absolute atomic E-state index is 11.7. The van der Waals surface area contributed by atoms with Gasteiger partial charge in [0.2, 0.25) is 5.82 Å². The molecule has 0 fully saturated rings. The Bertz CT molecular complexity index is 1070. The van der Waals surface area contributed by atoms with Crippen LogP contribution >= 0.6 is 0 Å². The van der Waals surface area contributed by atoms with E-state index in [2.05, 4.69) is 36.1 Å². The minimum absolute atomic E-state index is 0.464. The predicted molar refractivity (Wildman–Crippen MR) is 95.0 cm³/mol. The highest BCUT2D eigenvalue weighted by molar-refractivity contribution is 5.97. The number of carbonyl (C=O) groups is 1. The minimum atomic E-state index is -1.08. The van der Waals surface area contributed by atoms with Gasteiger partial charge >= 0.3 is 0 Å². The number of anilines is 1. The molecule has 130 valence electrons. The molecule has 0 aliphatic heterocycles. The number of aromatic amines is 2. The fourth-order valence-corrected chi connectivity index (χ4v) is 2.65. The molecule has 0 spiro atoms. The zero-order valence-electron chi connectivity index (χ0n) is 13.8. The Balaban J connectivity index is 1.75. The van der Waals surface area contributed by atoms with Crippen molar-refractivity contribution in [2.45, 2.75) is 13.0 Å². The molecule has 1 atom stereocenters. The summed E-state index contributed by atoms with van der Waals surface area (Å²) in [5.41, 5.74) is 3.82. The van der Waals surface area contributed by atoms with E-state index in [1.807, 2.05) is 30.3 Å². The van der Waals surface area contributed by atoms with E-state index in [9.17, 15) is 9.90 Å². The standard InChI is InChI=1S/C17H15N7O2/c1-9(25)17(26)18-12-4-2-3-10(7-12)15-13-8-11(16-21-23-24-22-16)5-6-14(13)19-20-15/h2-9,25H,1H3,(H,18,26)(H,19,20)(H,21,22,23,24). The quantitative estimate of drug-likeness (QED) is 0.443. The highest BCUT2D eigenvalue weighted by Crippen LogP contribution is 2.30. The number of H-pyrrole nitrogens is 2. The van der Waals surface area contributed by atoms with Crippen LogP contribution in [0.3, 0.4) is 0 Å². The summed E-state index contributed by atoms with van der Waals surface area (Å²) in [5, 5.41) is 34.3. The van der Waals surface area contributed by atoms with Crippen LogP contribution in [-0.2, 0) is 4.79 Å². The van der Waals surface area contributed by atoms with Gasteiger partial charge in [-0.05, 0) is 42.5 Å². The molecule has 0 aliphatic rings. The summed E-state index contributed by atoms with van der Waals surface area (Å²) >= 11 is 0. The fraction of sp³-hybridized carbons (Fsp3) is 0.118. The van der Waals surface area contributed by atoms with E-state index < -0.39 is 12.0 Å². The highest BCUT2D eigenvalue weighted by atomic mass is 16.3. The van der Waals surface area contributed by atoms with Crippen molar-refractivity contribution in [2.24, 2.45) is 0 Å². The van der Waals surface area contributed by atoms with Gasteiger partial charge in [-0.2, -0.15) is 10.3 Å². The van der Waals surface area contributed by atoms with Crippen molar-refractivity contribution < 1.29 is 9.90 Å². The highest BCUT2D eigenvalue weighted by Gasteiger charge is 2.13. The van der Waals surface area contributed by atoms with Crippen molar-refractivity contribution in [1.29, 1.82) is 0 Å². The second-order valence-corrected chi connectivity index (χ2v) is 5.81. The number of fused-ring (bicyclic) bond motifs is 1. The molecule has 1 unspecified atom stereocenters. The van der Waals surface area contributed by atoms with E-state index in [0.717, 1.165) is 27.7 Å². The van der Waals surface area contributed by atoms with Crippen LogP contribution in [0.25, 0.3) is 33.5 Å². The summed E-state index contributed by atoms with van der Waals surface area (Å²) in [6, 6.07) is 13.0. The molecule has 0 bridgehead atoms. The second kappa shape index (κ2) is 6.37. The molecule has 2 heterocycles. The number of rotatable bonds is 4. The summed E-state index contributed by atoms with van der Waals surface area (Å²) in [4.78, 5) is 11.7. The lowest BCUT2D eigenvalue weighted by atomic mass is 10.0. The number of amides is 1.